The Morgan fingerprint density at radius 2 is 1.95 bits per heavy atom. The molecule has 3 heteroatoms. The first-order valence-electron chi connectivity index (χ1n) is 8.09. The van der Waals surface area contributed by atoms with E-state index in [0.717, 1.165) is 17.4 Å². The van der Waals surface area contributed by atoms with Crippen LogP contribution in [0.5, 0.6) is 0 Å². The minimum Gasteiger partial charge on any atom is -0.382 e. The van der Waals surface area contributed by atoms with Gasteiger partial charge in [0.2, 0.25) is 0 Å². The molecule has 3 unspecified atom stereocenters. The van der Waals surface area contributed by atoms with Crippen LogP contribution in [0, 0.1) is 11.8 Å². The maximum absolute atomic E-state index is 4.16. The number of hydrogen-bond donors (Lipinski definition) is 2. The van der Waals surface area contributed by atoms with Crippen LogP contribution in [0.25, 0.3) is 10.9 Å². The molecule has 3 nitrogen and oxygen atoms in total. The number of aromatic amines is 1. The van der Waals surface area contributed by atoms with Crippen molar-refractivity contribution in [1.29, 1.82) is 0 Å². The molecule has 2 N–H and O–H groups in total. The van der Waals surface area contributed by atoms with Gasteiger partial charge in [0.05, 0.1) is 11.7 Å². The van der Waals surface area contributed by atoms with Gasteiger partial charge < -0.3 is 5.32 Å². The minimum absolute atomic E-state index is 0.648. The van der Waals surface area contributed by atoms with Gasteiger partial charge in [0.15, 0.2) is 0 Å². The van der Waals surface area contributed by atoms with E-state index in [4.69, 9.17) is 0 Å². The molecule has 2 fully saturated rings. The van der Waals surface area contributed by atoms with Crippen molar-refractivity contribution in [3.63, 3.8) is 0 Å². The molecule has 0 bridgehead atoms. The maximum atomic E-state index is 4.16. The third kappa shape index (κ3) is 2.19. The van der Waals surface area contributed by atoms with Crippen LogP contribution >= 0.6 is 0 Å². The van der Waals surface area contributed by atoms with E-state index in [9.17, 15) is 0 Å². The Bertz CT molecular complexity index is 589. The Morgan fingerprint density at radius 3 is 2.90 bits per heavy atom. The second kappa shape index (κ2) is 5.12. The highest BCUT2D eigenvalue weighted by Gasteiger charge is 2.32. The molecule has 2 aromatic rings. The standard InChI is InChI=1S/C17H23N3/c1-2-5-13-10-14(9-8-12(13)4-1)19-16-6-3-7-17-15(16)11-18-20-17/h3,6-7,11-14,19H,1-2,4-5,8-10H2,(H,18,20). The number of nitrogens with zero attached hydrogens (tertiary/aromatic N) is 1. The Morgan fingerprint density at radius 1 is 1.05 bits per heavy atom. The van der Waals surface area contributed by atoms with Crippen molar-refractivity contribution >= 4 is 16.6 Å². The highest BCUT2D eigenvalue weighted by Crippen LogP contribution is 2.41. The number of anilines is 1. The summed E-state index contributed by atoms with van der Waals surface area (Å²) in [6.45, 7) is 0. The Labute approximate surface area is 120 Å². The van der Waals surface area contributed by atoms with Gasteiger partial charge in [-0.25, -0.2) is 0 Å². The molecule has 1 aromatic heterocycles. The molecule has 20 heavy (non-hydrogen) atoms. The van der Waals surface area contributed by atoms with E-state index in [1.165, 1.54) is 56.0 Å². The van der Waals surface area contributed by atoms with Crippen LogP contribution in [0.2, 0.25) is 0 Å². The number of aromatic nitrogens is 2. The van der Waals surface area contributed by atoms with Crippen molar-refractivity contribution in [3.8, 4) is 0 Å². The lowest BCUT2D eigenvalue weighted by Gasteiger charge is -2.39. The molecule has 3 atom stereocenters. The predicted molar refractivity (Wildman–Crippen MR) is 82.8 cm³/mol. The van der Waals surface area contributed by atoms with Gasteiger partial charge in [-0.3, -0.25) is 5.10 Å². The molecule has 0 spiro atoms. The lowest BCUT2D eigenvalue weighted by molar-refractivity contribution is 0.162. The van der Waals surface area contributed by atoms with Crippen LogP contribution in [0.4, 0.5) is 5.69 Å². The fourth-order valence-electron chi connectivity index (χ4n) is 4.32. The summed E-state index contributed by atoms with van der Waals surface area (Å²) in [5.74, 6) is 1.99. The van der Waals surface area contributed by atoms with Crippen molar-refractivity contribution < 1.29 is 0 Å². The zero-order valence-corrected chi connectivity index (χ0v) is 11.9. The molecular formula is C17H23N3. The monoisotopic (exact) mass is 269 g/mol. The van der Waals surface area contributed by atoms with E-state index < -0.39 is 0 Å². The van der Waals surface area contributed by atoms with Crippen molar-refractivity contribution in [1.82, 2.24) is 10.2 Å². The van der Waals surface area contributed by atoms with E-state index >= 15 is 0 Å². The molecule has 1 heterocycles. The van der Waals surface area contributed by atoms with Gasteiger partial charge in [-0.05, 0) is 43.2 Å². The fraction of sp³-hybridized carbons (Fsp3) is 0.588. The van der Waals surface area contributed by atoms with Gasteiger partial charge in [-0.1, -0.05) is 31.7 Å². The average Bonchev–Trinajstić information content (AvgIpc) is 2.97. The number of H-pyrrole nitrogens is 1. The normalized spacial score (nSPS) is 30.1. The molecule has 0 saturated heterocycles. The summed E-state index contributed by atoms with van der Waals surface area (Å²) in [4.78, 5) is 0. The first-order chi connectivity index (χ1) is 9.90. The van der Waals surface area contributed by atoms with E-state index in [2.05, 4.69) is 33.7 Å². The van der Waals surface area contributed by atoms with Crippen molar-refractivity contribution in [2.75, 3.05) is 5.32 Å². The Balaban J connectivity index is 1.50. The molecular weight excluding hydrogens is 246 g/mol. The Hall–Kier alpha value is -1.51. The van der Waals surface area contributed by atoms with Crippen LogP contribution in [-0.2, 0) is 0 Å². The smallest absolute Gasteiger partial charge is 0.0671 e. The largest absolute Gasteiger partial charge is 0.382 e. The van der Waals surface area contributed by atoms with Crippen molar-refractivity contribution in [2.24, 2.45) is 11.8 Å². The highest BCUT2D eigenvalue weighted by molar-refractivity contribution is 5.90. The van der Waals surface area contributed by atoms with Crippen LogP contribution < -0.4 is 5.32 Å². The summed E-state index contributed by atoms with van der Waals surface area (Å²) in [7, 11) is 0. The maximum Gasteiger partial charge on any atom is 0.0671 e. The van der Waals surface area contributed by atoms with Gasteiger partial charge in [0, 0.05) is 17.1 Å². The third-order valence-electron chi connectivity index (χ3n) is 5.38. The summed E-state index contributed by atoms with van der Waals surface area (Å²) in [5.41, 5.74) is 2.37. The van der Waals surface area contributed by atoms with Crippen LogP contribution in [0.15, 0.2) is 24.4 Å². The topological polar surface area (TPSA) is 40.7 Å². The number of benzene rings is 1. The minimum atomic E-state index is 0.648. The van der Waals surface area contributed by atoms with Crippen molar-refractivity contribution in [3.05, 3.63) is 24.4 Å². The van der Waals surface area contributed by atoms with Crippen LogP contribution in [-0.4, -0.2) is 16.2 Å². The predicted octanol–water partition coefficient (Wildman–Crippen LogP) is 4.33. The summed E-state index contributed by atoms with van der Waals surface area (Å²) >= 11 is 0. The quantitative estimate of drug-likeness (QED) is 0.851. The molecule has 1 aromatic carbocycles. The fourth-order valence-corrected chi connectivity index (χ4v) is 4.32. The average molecular weight is 269 g/mol. The summed E-state index contributed by atoms with van der Waals surface area (Å²) in [5, 5.41) is 12.2. The molecule has 2 aliphatic rings. The van der Waals surface area contributed by atoms with E-state index in [1.54, 1.807) is 0 Å². The SMILES string of the molecule is c1cc(NC2CCC3CCCCC3C2)c2cn[nH]c2c1. The second-order valence-electron chi connectivity index (χ2n) is 6.60. The number of rotatable bonds is 2. The molecule has 4 rings (SSSR count). The first kappa shape index (κ1) is 12.2. The molecule has 0 aliphatic heterocycles. The summed E-state index contributed by atoms with van der Waals surface area (Å²) < 4.78 is 0. The van der Waals surface area contributed by atoms with Gasteiger partial charge in [-0.2, -0.15) is 5.10 Å². The van der Waals surface area contributed by atoms with Gasteiger partial charge in [-0.15, -0.1) is 0 Å². The number of nitrogens with one attached hydrogen (secondary N) is 2. The first-order valence-corrected chi connectivity index (χ1v) is 8.09. The van der Waals surface area contributed by atoms with Crippen molar-refractivity contribution in [2.45, 2.75) is 51.0 Å². The molecule has 0 radical (unpaired) electrons. The molecule has 2 saturated carbocycles. The lowest BCUT2D eigenvalue weighted by Crippen LogP contribution is -2.34. The zero-order chi connectivity index (χ0) is 13.4. The molecule has 106 valence electrons. The highest BCUT2D eigenvalue weighted by atomic mass is 15.1. The van der Waals surface area contributed by atoms with E-state index in [-0.39, 0.29) is 0 Å². The van der Waals surface area contributed by atoms with Gasteiger partial charge >= 0.3 is 0 Å². The lowest BCUT2D eigenvalue weighted by atomic mass is 9.69. The number of fused-ring (bicyclic) bond motifs is 2. The second-order valence-corrected chi connectivity index (χ2v) is 6.60. The van der Waals surface area contributed by atoms with Crippen LogP contribution in [0.1, 0.15) is 44.9 Å². The van der Waals surface area contributed by atoms with E-state index in [1.807, 2.05) is 6.20 Å². The summed E-state index contributed by atoms with van der Waals surface area (Å²) in [6.07, 6.45) is 11.9. The Kier molecular flexibility index (Phi) is 3.13. The third-order valence-corrected chi connectivity index (χ3v) is 5.38. The zero-order valence-electron chi connectivity index (χ0n) is 11.9. The molecule has 2 aliphatic carbocycles. The molecule has 0 amide bonds. The van der Waals surface area contributed by atoms with Gasteiger partial charge in [0.1, 0.15) is 0 Å². The number of hydrogen-bond acceptors (Lipinski definition) is 2. The van der Waals surface area contributed by atoms with E-state index in [0.29, 0.717) is 6.04 Å². The van der Waals surface area contributed by atoms with Crippen LogP contribution in [0.3, 0.4) is 0 Å². The van der Waals surface area contributed by atoms with Gasteiger partial charge in [0.25, 0.3) is 0 Å². The summed E-state index contributed by atoms with van der Waals surface area (Å²) in [6, 6.07) is 7.03.